The molecular formula is C15H28O. The van der Waals surface area contributed by atoms with Crippen molar-refractivity contribution in [2.75, 3.05) is 0 Å². The van der Waals surface area contributed by atoms with E-state index in [4.69, 9.17) is 0 Å². The van der Waals surface area contributed by atoms with E-state index in [2.05, 4.69) is 26.8 Å². The SMILES string of the molecule is C/C=C/[C@@H](O)C[C@H](CC)CCC=C(C)CC. The van der Waals surface area contributed by atoms with Crippen LogP contribution in [0.5, 0.6) is 0 Å². The molecule has 16 heavy (non-hydrogen) atoms. The topological polar surface area (TPSA) is 20.2 Å². The lowest BCUT2D eigenvalue weighted by Gasteiger charge is -2.16. The molecule has 0 aromatic heterocycles. The van der Waals surface area contributed by atoms with Crippen LogP contribution in [0.3, 0.4) is 0 Å². The van der Waals surface area contributed by atoms with Crippen molar-refractivity contribution in [3.05, 3.63) is 23.8 Å². The van der Waals surface area contributed by atoms with Gasteiger partial charge in [0.1, 0.15) is 0 Å². The van der Waals surface area contributed by atoms with E-state index in [1.807, 2.05) is 19.1 Å². The van der Waals surface area contributed by atoms with Gasteiger partial charge < -0.3 is 5.11 Å². The Morgan fingerprint density at radius 3 is 2.50 bits per heavy atom. The number of aliphatic hydroxyl groups excluding tert-OH is 1. The highest BCUT2D eigenvalue weighted by molar-refractivity contribution is 4.96. The van der Waals surface area contributed by atoms with Gasteiger partial charge in [-0.15, -0.1) is 0 Å². The summed E-state index contributed by atoms with van der Waals surface area (Å²) in [5, 5.41) is 9.70. The van der Waals surface area contributed by atoms with Crippen LogP contribution >= 0.6 is 0 Å². The Labute approximate surface area is 101 Å². The largest absolute Gasteiger partial charge is 0.389 e. The van der Waals surface area contributed by atoms with Gasteiger partial charge in [0, 0.05) is 0 Å². The van der Waals surface area contributed by atoms with Crippen LogP contribution < -0.4 is 0 Å². The molecule has 0 aliphatic rings. The first-order valence-corrected chi connectivity index (χ1v) is 6.60. The van der Waals surface area contributed by atoms with Crippen molar-refractivity contribution in [1.82, 2.24) is 0 Å². The van der Waals surface area contributed by atoms with Gasteiger partial charge in [0.15, 0.2) is 0 Å². The number of aliphatic hydroxyl groups is 1. The number of allylic oxidation sites excluding steroid dienone is 3. The molecule has 0 saturated heterocycles. The van der Waals surface area contributed by atoms with E-state index in [1.165, 1.54) is 12.0 Å². The van der Waals surface area contributed by atoms with Crippen molar-refractivity contribution in [3.8, 4) is 0 Å². The molecule has 0 fully saturated rings. The maximum absolute atomic E-state index is 9.70. The van der Waals surface area contributed by atoms with E-state index in [-0.39, 0.29) is 6.10 Å². The Balaban J connectivity index is 3.92. The summed E-state index contributed by atoms with van der Waals surface area (Å²) >= 11 is 0. The first kappa shape index (κ1) is 15.4. The van der Waals surface area contributed by atoms with Crippen molar-refractivity contribution in [2.24, 2.45) is 5.92 Å². The molecule has 0 saturated carbocycles. The second-order valence-electron chi connectivity index (χ2n) is 4.58. The van der Waals surface area contributed by atoms with Crippen molar-refractivity contribution in [1.29, 1.82) is 0 Å². The normalized spacial score (nSPS) is 16.7. The van der Waals surface area contributed by atoms with Gasteiger partial charge in [0.05, 0.1) is 6.10 Å². The zero-order chi connectivity index (χ0) is 12.4. The van der Waals surface area contributed by atoms with Crippen molar-refractivity contribution in [2.45, 2.75) is 65.9 Å². The van der Waals surface area contributed by atoms with Gasteiger partial charge in [-0.1, -0.05) is 44.1 Å². The molecule has 0 aromatic rings. The third kappa shape index (κ3) is 7.70. The molecule has 0 heterocycles. The highest BCUT2D eigenvalue weighted by Crippen LogP contribution is 2.19. The summed E-state index contributed by atoms with van der Waals surface area (Å²) < 4.78 is 0. The molecule has 0 aliphatic carbocycles. The van der Waals surface area contributed by atoms with Crippen molar-refractivity contribution < 1.29 is 5.11 Å². The molecule has 0 unspecified atom stereocenters. The third-order valence-electron chi connectivity index (χ3n) is 3.19. The van der Waals surface area contributed by atoms with Gasteiger partial charge in [-0.25, -0.2) is 0 Å². The van der Waals surface area contributed by atoms with Crippen LogP contribution in [0.2, 0.25) is 0 Å². The molecule has 0 spiro atoms. The maximum atomic E-state index is 9.70. The molecular weight excluding hydrogens is 196 g/mol. The zero-order valence-corrected chi connectivity index (χ0v) is 11.4. The molecule has 1 heteroatoms. The Morgan fingerprint density at radius 2 is 2.00 bits per heavy atom. The highest BCUT2D eigenvalue weighted by Gasteiger charge is 2.09. The molecule has 1 nitrogen and oxygen atoms in total. The molecule has 0 bridgehead atoms. The van der Waals surface area contributed by atoms with E-state index in [1.54, 1.807) is 0 Å². The lowest BCUT2D eigenvalue weighted by molar-refractivity contribution is 0.181. The molecule has 0 amide bonds. The first-order chi connectivity index (χ1) is 7.63. The molecule has 0 rings (SSSR count). The van der Waals surface area contributed by atoms with E-state index in [0.717, 1.165) is 25.7 Å². The third-order valence-corrected chi connectivity index (χ3v) is 3.19. The highest BCUT2D eigenvalue weighted by atomic mass is 16.3. The van der Waals surface area contributed by atoms with Crippen LogP contribution in [-0.2, 0) is 0 Å². The molecule has 0 radical (unpaired) electrons. The van der Waals surface area contributed by atoms with Gasteiger partial charge in [0.25, 0.3) is 0 Å². The van der Waals surface area contributed by atoms with E-state index < -0.39 is 0 Å². The predicted octanol–water partition coefficient (Wildman–Crippen LogP) is 4.48. The van der Waals surface area contributed by atoms with Crippen LogP contribution in [0.1, 0.15) is 59.8 Å². The summed E-state index contributed by atoms with van der Waals surface area (Å²) in [5.41, 5.74) is 1.48. The average Bonchev–Trinajstić information content (AvgIpc) is 2.27. The summed E-state index contributed by atoms with van der Waals surface area (Å²) in [6, 6.07) is 0. The quantitative estimate of drug-likeness (QED) is 0.603. The van der Waals surface area contributed by atoms with Crippen molar-refractivity contribution >= 4 is 0 Å². The molecule has 1 N–H and O–H groups in total. The van der Waals surface area contributed by atoms with Crippen molar-refractivity contribution in [3.63, 3.8) is 0 Å². The summed E-state index contributed by atoms with van der Waals surface area (Å²) in [6.07, 6.45) is 11.5. The second kappa shape index (κ2) is 9.65. The Bertz CT molecular complexity index is 215. The fourth-order valence-corrected chi connectivity index (χ4v) is 1.84. The smallest absolute Gasteiger partial charge is 0.0723 e. The monoisotopic (exact) mass is 224 g/mol. The Hall–Kier alpha value is -0.560. The van der Waals surface area contributed by atoms with Gasteiger partial charge in [0.2, 0.25) is 0 Å². The zero-order valence-electron chi connectivity index (χ0n) is 11.4. The number of hydrogen-bond acceptors (Lipinski definition) is 1. The predicted molar refractivity (Wildman–Crippen MR) is 72.5 cm³/mol. The second-order valence-corrected chi connectivity index (χ2v) is 4.58. The van der Waals surface area contributed by atoms with Crippen LogP contribution in [0, 0.1) is 5.92 Å². The lowest BCUT2D eigenvalue weighted by Crippen LogP contribution is -2.10. The standard InChI is InChI=1S/C15H28O/c1-5-9-15(16)12-14(7-3)11-8-10-13(4)6-2/h5,9-10,14-16H,6-8,11-12H2,1-4H3/b9-5+,13-10?/t14-,15-/m1/s1. The molecule has 94 valence electrons. The summed E-state index contributed by atoms with van der Waals surface area (Å²) in [4.78, 5) is 0. The van der Waals surface area contributed by atoms with Crippen LogP contribution in [0.4, 0.5) is 0 Å². The summed E-state index contributed by atoms with van der Waals surface area (Å²) in [6.45, 7) is 8.55. The summed E-state index contributed by atoms with van der Waals surface area (Å²) in [7, 11) is 0. The minimum atomic E-state index is -0.258. The van der Waals surface area contributed by atoms with Crippen LogP contribution in [0.15, 0.2) is 23.8 Å². The first-order valence-electron chi connectivity index (χ1n) is 6.60. The van der Waals surface area contributed by atoms with Gasteiger partial charge >= 0.3 is 0 Å². The Morgan fingerprint density at radius 1 is 1.31 bits per heavy atom. The minimum absolute atomic E-state index is 0.258. The van der Waals surface area contributed by atoms with Gasteiger partial charge in [-0.2, -0.15) is 0 Å². The van der Waals surface area contributed by atoms with Gasteiger partial charge in [-0.3, -0.25) is 0 Å². The van der Waals surface area contributed by atoms with Crippen LogP contribution in [-0.4, -0.2) is 11.2 Å². The van der Waals surface area contributed by atoms with E-state index in [0.29, 0.717) is 5.92 Å². The Kier molecular flexibility index (Phi) is 9.31. The molecule has 0 aliphatic heterocycles. The van der Waals surface area contributed by atoms with Gasteiger partial charge in [-0.05, 0) is 45.4 Å². The summed E-state index contributed by atoms with van der Waals surface area (Å²) in [5.74, 6) is 0.645. The fourth-order valence-electron chi connectivity index (χ4n) is 1.84. The maximum Gasteiger partial charge on any atom is 0.0723 e. The van der Waals surface area contributed by atoms with E-state index >= 15 is 0 Å². The molecule has 0 aromatic carbocycles. The number of rotatable bonds is 8. The molecule has 2 atom stereocenters. The van der Waals surface area contributed by atoms with Crippen LogP contribution in [0.25, 0.3) is 0 Å². The van der Waals surface area contributed by atoms with E-state index in [9.17, 15) is 5.11 Å². The number of hydrogen-bond donors (Lipinski definition) is 1. The fraction of sp³-hybridized carbons (Fsp3) is 0.733. The minimum Gasteiger partial charge on any atom is -0.389 e. The lowest BCUT2D eigenvalue weighted by atomic mass is 9.93. The average molecular weight is 224 g/mol.